The zero-order chi connectivity index (χ0) is 19.6. The lowest BCUT2D eigenvalue weighted by molar-refractivity contribution is -0.118. The highest BCUT2D eigenvalue weighted by molar-refractivity contribution is 7.89. The number of carbonyl (C=O) groups is 2. The van der Waals surface area contributed by atoms with Crippen molar-refractivity contribution < 1.29 is 18.0 Å². The minimum absolute atomic E-state index is 0.0573. The van der Waals surface area contributed by atoms with Gasteiger partial charge < -0.3 is 4.90 Å². The van der Waals surface area contributed by atoms with Crippen molar-refractivity contribution in [2.24, 2.45) is 0 Å². The first-order valence-corrected chi connectivity index (χ1v) is 10.2. The first kappa shape index (κ1) is 19.3. The van der Waals surface area contributed by atoms with Gasteiger partial charge >= 0.3 is 0 Å². The summed E-state index contributed by atoms with van der Waals surface area (Å²) in [6.07, 6.45) is 1.77. The van der Waals surface area contributed by atoms with Crippen LogP contribution in [0.2, 0.25) is 0 Å². The van der Waals surface area contributed by atoms with Gasteiger partial charge in [-0.2, -0.15) is 4.31 Å². The van der Waals surface area contributed by atoms with Crippen molar-refractivity contribution in [3.05, 3.63) is 59.7 Å². The van der Waals surface area contributed by atoms with Gasteiger partial charge in [0, 0.05) is 24.8 Å². The number of benzene rings is 2. The second-order valence-corrected chi connectivity index (χ2v) is 8.66. The number of likely N-dealkylation sites (N-methyl/N-ethyl adjacent to an activating group) is 1. The van der Waals surface area contributed by atoms with Gasteiger partial charge in [0.2, 0.25) is 15.9 Å². The Labute approximate surface area is 159 Å². The van der Waals surface area contributed by atoms with Crippen molar-refractivity contribution in [3.8, 4) is 0 Å². The van der Waals surface area contributed by atoms with E-state index in [9.17, 15) is 18.0 Å². The van der Waals surface area contributed by atoms with E-state index in [0.717, 1.165) is 28.4 Å². The minimum Gasteiger partial charge on any atom is -0.311 e. The summed E-state index contributed by atoms with van der Waals surface area (Å²) in [5.74, 6) is -0.389. The summed E-state index contributed by atoms with van der Waals surface area (Å²) in [6.45, 7) is 1.76. The lowest BCUT2D eigenvalue weighted by Gasteiger charge is -2.30. The average molecular weight is 386 g/mol. The molecule has 6 nitrogen and oxygen atoms in total. The number of fused-ring (bicyclic) bond motifs is 1. The number of amides is 1. The van der Waals surface area contributed by atoms with Gasteiger partial charge in [0.05, 0.1) is 11.4 Å². The van der Waals surface area contributed by atoms with E-state index >= 15 is 0 Å². The lowest BCUT2D eigenvalue weighted by atomic mass is 10.0. The molecule has 0 atom stereocenters. The number of aryl methyl sites for hydroxylation is 1. The molecule has 0 saturated carbocycles. The van der Waals surface area contributed by atoms with Gasteiger partial charge in [-0.1, -0.05) is 30.3 Å². The van der Waals surface area contributed by atoms with Crippen molar-refractivity contribution in [1.29, 1.82) is 0 Å². The van der Waals surface area contributed by atoms with Crippen LogP contribution >= 0.6 is 0 Å². The molecule has 1 aliphatic rings. The van der Waals surface area contributed by atoms with E-state index in [1.807, 2.05) is 24.3 Å². The summed E-state index contributed by atoms with van der Waals surface area (Å²) in [4.78, 5) is 25.8. The Morgan fingerprint density at radius 3 is 2.41 bits per heavy atom. The Morgan fingerprint density at radius 1 is 1.07 bits per heavy atom. The first-order chi connectivity index (χ1) is 12.8. The smallest absolute Gasteiger partial charge is 0.243 e. The second-order valence-electron chi connectivity index (χ2n) is 6.62. The van der Waals surface area contributed by atoms with Crippen molar-refractivity contribution in [1.82, 2.24) is 4.31 Å². The summed E-state index contributed by atoms with van der Waals surface area (Å²) in [5, 5.41) is 0. The Bertz CT molecular complexity index is 968. The maximum atomic E-state index is 12.8. The van der Waals surface area contributed by atoms with Gasteiger partial charge in [-0.3, -0.25) is 9.59 Å². The molecule has 27 heavy (non-hydrogen) atoms. The number of nitrogens with zero attached hydrogens (tertiary/aromatic N) is 2. The van der Waals surface area contributed by atoms with E-state index in [-0.39, 0.29) is 23.1 Å². The Kier molecular flexibility index (Phi) is 5.43. The molecule has 2 aromatic rings. The highest BCUT2D eigenvalue weighted by Gasteiger charge is 2.28. The third-order valence-electron chi connectivity index (χ3n) is 4.74. The Morgan fingerprint density at radius 2 is 1.74 bits per heavy atom. The number of sulfonamides is 1. The molecule has 0 unspecified atom stereocenters. The maximum absolute atomic E-state index is 12.8. The number of carbonyl (C=O) groups excluding carboxylic acids is 2. The zero-order valence-electron chi connectivity index (χ0n) is 15.4. The molecule has 3 rings (SSSR count). The second kappa shape index (κ2) is 7.62. The number of para-hydroxylation sites is 1. The molecule has 0 radical (unpaired) electrons. The number of rotatable bonds is 5. The molecule has 142 valence electrons. The predicted molar refractivity (Wildman–Crippen MR) is 103 cm³/mol. The Balaban J connectivity index is 1.77. The van der Waals surface area contributed by atoms with Gasteiger partial charge in [0.1, 0.15) is 0 Å². The van der Waals surface area contributed by atoms with Crippen LogP contribution in [0.4, 0.5) is 5.69 Å². The monoisotopic (exact) mass is 386 g/mol. The van der Waals surface area contributed by atoms with Crippen LogP contribution < -0.4 is 4.90 Å². The molecule has 0 fully saturated rings. The summed E-state index contributed by atoms with van der Waals surface area (Å²) < 4.78 is 26.5. The molecule has 7 heteroatoms. The number of Topliss-reactive ketones (excluding diaryl/α,β-unsaturated/α-hetero) is 1. The van der Waals surface area contributed by atoms with Crippen LogP contribution in [0.15, 0.2) is 53.4 Å². The van der Waals surface area contributed by atoms with Gasteiger partial charge in [-0.05, 0) is 43.5 Å². The molecular formula is C20H22N2O4S. The molecule has 0 N–H and O–H groups in total. The Hall–Kier alpha value is -2.51. The topological polar surface area (TPSA) is 74.8 Å². The first-order valence-electron chi connectivity index (χ1n) is 8.76. The van der Waals surface area contributed by atoms with Crippen LogP contribution in [0.3, 0.4) is 0 Å². The molecule has 1 heterocycles. The van der Waals surface area contributed by atoms with Crippen LogP contribution in [-0.2, 0) is 21.2 Å². The number of anilines is 1. The molecule has 2 aromatic carbocycles. The fraction of sp³-hybridized carbons (Fsp3) is 0.300. The van der Waals surface area contributed by atoms with Crippen LogP contribution in [0, 0.1) is 0 Å². The highest BCUT2D eigenvalue weighted by Crippen LogP contribution is 2.27. The number of ketones is 1. The van der Waals surface area contributed by atoms with Crippen LogP contribution in [0.1, 0.15) is 29.3 Å². The predicted octanol–water partition coefficient (Wildman–Crippen LogP) is 2.49. The molecule has 0 saturated heterocycles. The maximum Gasteiger partial charge on any atom is 0.243 e. The molecule has 0 aliphatic carbocycles. The fourth-order valence-electron chi connectivity index (χ4n) is 3.20. The van der Waals surface area contributed by atoms with Crippen molar-refractivity contribution >= 4 is 27.4 Å². The molecule has 1 aliphatic heterocycles. The highest BCUT2D eigenvalue weighted by atomic mass is 32.2. The molecule has 1 amide bonds. The van der Waals surface area contributed by atoms with Gasteiger partial charge in [0.15, 0.2) is 5.78 Å². The van der Waals surface area contributed by atoms with E-state index in [2.05, 4.69) is 0 Å². The van der Waals surface area contributed by atoms with Crippen molar-refractivity contribution in [2.75, 3.05) is 25.0 Å². The normalized spacial score (nSPS) is 14.1. The summed E-state index contributed by atoms with van der Waals surface area (Å²) in [7, 11) is -2.43. The van der Waals surface area contributed by atoms with E-state index in [1.54, 1.807) is 4.90 Å². The minimum atomic E-state index is -3.82. The summed E-state index contributed by atoms with van der Waals surface area (Å²) >= 11 is 0. The third-order valence-corrected chi connectivity index (χ3v) is 6.56. The molecule has 0 spiro atoms. The zero-order valence-corrected chi connectivity index (χ0v) is 16.2. The molecular weight excluding hydrogens is 364 g/mol. The van der Waals surface area contributed by atoms with E-state index in [1.165, 1.54) is 38.2 Å². The van der Waals surface area contributed by atoms with E-state index in [0.29, 0.717) is 12.1 Å². The third kappa shape index (κ3) is 3.94. The largest absolute Gasteiger partial charge is 0.311 e. The van der Waals surface area contributed by atoms with Crippen molar-refractivity contribution in [3.63, 3.8) is 0 Å². The molecule has 0 aromatic heterocycles. The fourth-order valence-corrected chi connectivity index (χ4v) is 4.32. The number of hydrogen-bond acceptors (Lipinski definition) is 4. The summed E-state index contributed by atoms with van der Waals surface area (Å²) in [6, 6.07) is 13.4. The molecule has 0 bridgehead atoms. The number of hydrogen-bond donors (Lipinski definition) is 0. The van der Waals surface area contributed by atoms with Gasteiger partial charge in [0.25, 0.3) is 0 Å². The standard InChI is InChI=1S/C20H22N2O4S/c1-15(23)16-9-11-18(12-10-16)27(25,26)21(2)14-20(24)22-13-5-7-17-6-3-4-8-19(17)22/h3-4,6,8-12H,5,7,13-14H2,1-2H3. The van der Waals surface area contributed by atoms with Gasteiger partial charge in [-0.15, -0.1) is 0 Å². The SMILES string of the molecule is CC(=O)c1ccc(S(=O)(=O)N(C)CC(=O)N2CCCc3ccccc32)cc1. The van der Waals surface area contributed by atoms with Crippen LogP contribution in [-0.4, -0.2) is 44.6 Å². The lowest BCUT2D eigenvalue weighted by Crippen LogP contribution is -2.43. The average Bonchev–Trinajstić information content (AvgIpc) is 2.67. The van der Waals surface area contributed by atoms with E-state index in [4.69, 9.17) is 0 Å². The van der Waals surface area contributed by atoms with Crippen LogP contribution in [0.5, 0.6) is 0 Å². The van der Waals surface area contributed by atoms with Crippen LogP contribution in [0.25, 0.3) is 0 Å². The van der Waals surface area contributed by atoms with E-state index < -0.39 is 10.0 Å². The van der Waals surface area contributed by atoms with Crippen molar-refractivity contribution in [2.45, 2.75) is 24.7 Å². The summed E-state index contributed by atoms with van der Waals surface area (Å²) in [5.41, 5.74) is 2.39. The van der Waals surface area contributed by atoms with Gasteiger partial charge in [-0.25, -0.2) is 8.42 Å². The quantitative estimate of drug-likeness (QED) is 0.740.